The molecular weight excluding hydrogens is 493 g/mol. The summed E-state index contributed by atoms with van der Waals surface area (Å²) >= 11 is 21.6. The van der Waals surface area contributed by atoms with Crippen molar-refractivity contribution in [3.63, 3.8) is 0 Å². The van der Waals surface area contributed by atoms with Crippen LogP contribution in [-0.2, 0) is 4.79 Å². The lowest BCUT2D eigenvalue weighted by atomic mass is 10.2. The van der Waals surface area contributed by atoms with Crippen molar-refractivity contribution in [1.29, 1.82) is 0 Å². The first-order valence-electron chi connectivity index (χ1n) is 7.67. The van der Waals surface area contributed by atoms with Crippen LogP contribution in [0.15, 0.2) is 45.8 Å². The number of nitrogens with one attached hydrogen (secondary N) is 1. The Bertz CT molecular complexity index is 917. The van der Waals surface area contributed by atoms with Crippen molar-refractivity contribution in [1.82, 2.24) is 5.32 Å². The van der Waals surface area contributed by atoms with Crippen molar-refractivity contribution >= 4 is 79.4 Å². The summed E-state index contributed by atoms with van der Waals surface area (Å²) in [5.41, 5.74) is 0.762. The lowest BCUT2D eigenvalue weighted by Crippen LogP contribution is -2.17. The maximum absolute atomic E-state index is 11.9. The summed E-state index contributed by atoms with van der Waals surface area (Å²) in [4.78, 5) is 12.4. The number of amides is 1. The van der Waals surface area contributed by atoms with Crippen LogP contribution in [-0.4, -0.2) is 23.4 Å². The van der Waals surface area contributed by atoms with Crippen LogP contribution in [0.25, 0.3) is 6.08 Å². The molecule has 4 nitrogen and oxygen atoms in total. The van der Waals surface area contributed by atoms with Crippen molar-refractivity contribution in [2.45, 2.75) is 0 Å². The average molecular weight is 505 g/mol. The van der Waals surface area contributed by atoms with E-state index in [9.17, 15) is 4.79 Å². The second-order valence-electron chi connectivity index (χ2n) is 5.34. The quantitative estimate of drug-likeness (QED) is 0.310. The van der Waals surface area contributed by atoms with Crippen molar-refractivity contribution in [3.8, 4) is 11.5 Å². The highest BCUT2D eigenvalue weighted by Crippen LogP contribution is 2.31. The Hall–Kier alpha value is -1.25. The third-order valence-corrected chi connectivity index (χ3v) is 5.44. The Labute approximate surface area is 184 Å². The van der Waals surface area contributed by atoms with Crippen molar-refractivity contribution in [3.05, 3.63) is 61.4 Å². The minimum absolute atomic E-state index is 0.211. The van der Waals surface area contributed by atoms with E-state index in [2.05, 4.69) is 21.2 Å². The van der Waals surface area contributed by atoms with Gasteiger partial charge < -0.3 is 14.8 Å². The molecule has 0 atom stereocenters. The highest BCUT2D eigenvalue weighted by molar-refractivity contribution is 9.10. The molecule has 1 heterocycles. The van der Waals surface area contributed by atoms with E-state index in [1.807, 2.05) is 18.2 Å². The molecule has 0 unspecified atom stereocenters. The molecule has 0 saturated carbocycles. The highest BCUT2D eigenvalue weighted by atomic mass is 79.9. The fourth-order valence-corrected chi connectivity index (χ4v) is 4.17. The van der Waals surface area contributed by atoms with E-state index in [-0.39, 0.29) is 5.91 Å². The number of halogens is 3. The predicted octanol–water partition coefficient (Wildman–Crippen LogP) is 5.70. The fraction of sp³-hybridized carbons (Fsp3) is 0.111. The van der Waals surface area contributed by atoms with Gasteiger partial charge in [0.1, 0.15) is 29.0 Å². The van der Waals surface area contributed by atoms with Crippen LogP contribution < -0.4 is 14.8 Å². The summed E-state index contributed by atoms with van der Waals surface area (Å²) in [5, 5.41) is 3.60. The largest absolute Gasteiger partial charge is 0.490 e. The number of carbonyl (C=O) groups is 1. The molecule has 1 aliphatic heterocycles. The number of carbonyl (C=O) groups excluding carboxylic acids is 1. The molecule has 2 aromatic rings. The average Bonchev–Trinajstić information content (AvgIpc) is 2.89. The van der Waals surface area contributed by atoms with Crippen molar-refractivity contribution in [2.75, 3.05) is 13.2 Å². The van der Waals surface area contributed by atoms with Gasteiger partial charge in [0.2, 0.25) is 0 Å². The van der Waals surface area contributed by atoms with Gasteiger partial charge in [0.25, 0.3) is 5.91 Å². The van der Waals surface area contributed by atoms with Crippen LogP contribution in [0.4, 0.5) is 0 Å². The highest BCUT2D eigenvalue weighted by Gasteiger charge is 2.22. The van der Waals surface area contributed by atoms with Gasteiger partial charge in [-0.15, -0.1) is 0 Å². The van der Waals surface area contributed by atoms with Gasteiger partial charge in [0, 0.05) is 20.1 Å². The molecule has 1 aliphatic rings. The van der Waals surface area contributed by atoms with Gasteiger partial charge in [-0.1, -0.05) is 63.1 Å². The number of benzene rings is 2. The number of ether oxygens (including phenoxy) is 2. The van der Waals surface area contributed by atoms with Gasteiger partial charge in [0.05, 0.1) is 4.91 Å². The zero-order chi connectivity index (χ0) is 19.4. The van der Waals surface area contributed by atoms with Crippen LogP contribution in [0.3, 0.4) is 0 Å². The maximum atomic E-state index is 11.9. The summed E-state index contributed by atoms with van der Waals surface area (Å²) in [6.45, 7) is 0.613. The lowest BCUT2D eigenvalue weighted by Gasteiger charge is -2.11. The Balaban J connectivity index is 1.66. The SMILES string of the molecule is O=C1NC(=S)S/C1=C\c1cc(Br)ccc1OCCOc1cc(Cl)cc(Cl)c1. The van der Waals surface area contributed by atoms with Gasteiger partial charge in [-0.25, -0.2) is 0 Å². The normalized spacial score (nSPS) is 15.1. The number of hydrogen-bond acceptors (Lipinski definition) is 5. The summed E-state index contributed by atoms with van der Waals surface area (Å²) in [7, 11) is 0. The van der Waals surface area contributed by atoms with E-state index in [0.717, 1.165) is 10.0 Å². The van der Waals surface area contributed by atoms with Crippen LogP contribution in [0.2, 0.25) is 10.0 Å². The summed E-state index contributed by atoms with van der Waals surface area (Å²) in [6, 6.07) is 10.6. The number of thioether (sulfide) groups is 1. The van der Waals surface area contributed by atoms with E-state index in [0.29, 0.717) is 44.0 Å². The topological polar surface area (TPSA) is 47.6 Å². The van der Waals surface area contributed by atoms with Gasteiger partial charge >= 0.3 is 0 Å². The maximum Gasteiger partial charge on any atom is 0.263 e. The fourth-order valence-electron chi connectivity index (χ4n) is 2.25. The molecule has 1 fully saturated rings. The van der Waals surface area contributed by atoms with E-state index < -0.39 is 0 Å². The van der Waals surface area contributed by atoms with Crippen molar-refractivity contribution in [2.24, 2.45) is 0 Å². The minimum atomic E-state index is -0.211. The van der Waals surface area contributed by atoms with Crippen molar-refractivity contribution < 1.29 is 14.3 Å². The molecule has 1 N–H and O–H groups in total. The monoisotopic (exact) mass is 503 g/mol. The molecule has 1 amide bonds. The first-order chi connectivity index (χ1) is 12.9. The first-order valence-corrected chi connectivity index (χ1v) is 10.4. The van der Waals surface area contributed by atoms with Gasteiger partial charge in [-0.3, -0.25) is 4.79 Å². The molecule has 9 heteroatoms. The second-order valence-corrected chi connectivity index (χ2v) is 8.84. The Morgan fingerprint density at radius 3 is 2.48 bits per heavy atom. The van der Waals surface area contributed by atoms with Crippen LogP contribution in [0.5, 0.6) is 11.5 Å². The molecule has 3 rings (SSSR count). The standard InChI is InChI=1S/C18H12BrCl2NO3S2/c19-11-1-2-15(10(5-11)6-16-17(23)22-18(26)27-16)25-4-3-24-14-8-12(20)7-13(21)9-14/h1-2,5-9H,3-4H2,(H,22,23,26)/b16-6-. The van der Waals surface area contributed by atoms with Crippen LogP contribution in [0.1, 0.15) is 5.56 Å². The molecule has 0 radical (unpaired) electrons. The minimum Gasteiger partial charge on any atom is -0.490 e. The van der Waals surface area contributed by atoms with Gasteiger partial charge in [0.15, 0.2) is 0 Å². The number of hydrogen-bond donors (Lipinski definition) is 1. The second kappa shape index (κ2) is 9.30. The zero-order valence-corrected chi connectivity index (χ0v) is 18.4. The molecular formula is C18H12BrCl2NO3S2. The Morgan fingerprint density at radius 1 is 1.11 bits per heavy atom. The summed E-state index contributed by atoms with van der Waals surface area (Å²) in [6.07, 6.45) is 1.75. The van der Waals surface area contributed by atoms with Crippen LogP contribution >= 0.6 is 63.1 Å². The van der Waals surface area contributed by atoms with Gasteiger partial charge in [-0.05, 0) is 42.5 Å². The zero-order valence-electron chi connectivity index (χ0n) is 13.6. The predicted molar refractivity (Wildman–Crippen MR) is 118 cm³/mol. The van der Waals surface area contributed by atoms with Gasteiger partial charge in [-0.2, -0.15) is 0 Å². The number of rotatable bonds is 6. The van der Waals surface area contributed by atoms with E-state index in [1.54, 1.807) is 24.3 Å². The van der Waals surface area contributed by atoms with E-state index >= 15 is 0 Å². The lowest BCUT2D eigenvalue weighted by molar-refractivity contribution is -0.115. The van der Waals surface area contributed by atoms with E-state index in [4.69, 9.17) is 44.9 Å². The molecule has 0 aromatic heterocycles. The molecule has 27 heavy (non-hydrogen) atoms. The third kappa shape index (κ3) is 5.86. The first kappa shape index (κ1) is 20.5. The molecule has 140 valence electrons. The molecule has 1 saturated heterocycles. The Kier molecular flexibility index (Phi) is 7.05. The Morgan fingerprint density at radius 2 is 1.81 bits per heavy atom. The van der Waals surface area contributed by atoms with Crippen LogP contribution in [0, 0.1) is 0 Å². The third-order valence-electron chi connectivity index (χ3n) is 3.35. The summed E-state index contributed by atoms with van der Waals surface area (Å²) < 4.78 is 12.7. The summed E-state index contributed by atoms with van der Waals surface area (Å²) in [5.74, 6) is 0.989. The number of thiocarbonyl (C=S) groups is 1. The van der Waals surface area contributed by atoms with E-state index in [1.165, 1.54) is 11.8 Å². The molecule has 0 bridgehead atoms. The smallest absolute Gasteiger partial charge is 0.263 e. The molecule has 2 aromatic carbocycles. The molecule has 0 spiro atoms. The molecule has 0 aliphatic carbocycles.